The van der Waals surface area contributed by atoms with Crippen LogP contribution in [0.3, 0.4) is 0 Å². The van der Waals surface area contributed by atoms with Gasteiger partial charge >= 0.3 is 5.97 Å². The number of hydrogen-bond acceptors (Lipinski definition) is 2. The molecule has 0 amide bonds. The fourth-order valence-corrected chi connectivity index (χ4v) is 2.31. The zero-order chi connectivity index (χ0) is 13.8. The summed E-state index contributed by atoms with van der Waals surface area (Å²) in [5.41, 5.74) is 2.70. The van der Waals surface area contributed by atoms with E-state index < -0.39 is 11.9 Å². The van der Waals surface area contributed by atoms with Gasteiger partial charge in [0.2, 0.25) is 0 Å². The first-order valence-corrected chi connectivity index (χ1v) is 6.34. The molecule has 2 rings (SSSR count). The van der Waals surface area contributed by atoms with E-state index in [1.165, 1.54) is 6.20 Å². The van der Waals surface area contributed by atoms with Crippen molar-refractivity contribution in [3.63, 3.8) is 0 Å². The number of aryl methyl sites for hydroxylation is 1. The van der Waals surface area contributed by atoms with Crippen molar-refractivity contribution in [3.05, 3.63) is 64.4 Å². The number of aliphatic carboxylic acids is 1. The molecule has 0 radical (unpaired) electrons. The van der Waals surface area contributed by atoms with Crippen LogP contribution in [0.5, 0.6) is 0 Å². The second kappa shape index (κ2) is 5.85. The summed E-state index contributed by atoms with van der Waals surface area (Å²) in [4.78, 5) is 15.4. The van der Waals surface area contributed by atoms with E-state index in [4.69, 9.17) is 11.6 Å². The Balaban J connectivity index is 2.35. The van der Waals surface area contributed by atoms with Crippen molar-refractivity contribution in [3.8, 4) is 0 Å². The van der Waals surface area contributed by atoms with Gasteiger partial charge in [-0.2, -0.15) is 0 Å². The van der Waals surface area contributed by atoms with Gasteiger partial charge in [-0.25, -0.2) is 0 Å². The quantitative estimate of drug-likeness (QED) is 0.930. The van der Waals surface area contributed by atoms with Gasteiger partial charge in [0.15, 0.2) is 0 Å². The maximum absolute atomic E-state index is 11.5. The highest BCUT2D eigenvalue weighted by molar-refractivity contribution is 6.31. The SMILES string of the molecule is Cc1ccccc1CC(C(=O)O)c1ccncc1Cl. The molecular formula is C15H14ClNO2. The zero-order valence-corrected chi connectivity index (χ0v) is 11.3. The smallest absolute Gasteiger partial charge is 0.311 e. The number of pyridine rings is 1. The summed E-state index contributed by atoms with van der Waals surface area (Å²) in [5.74, 6) is -1.53. The van der Waals surface area contributed by atoms with Crippen molar-refractivity contribution >= 4 is 17.6 Å². The summed E-state index contributed by atoms with van der Waals surface area (Å²) in [6.45, 7) is 1.97. The van der Waals surface area contributed by atoms with Crippen molar-refractivity contribution in [1.29, 1.82) is 0 Å². The van der Waals surface area contributed by atoms with E-state index in [0.717, 1.165) is 11.1 Å². The van der Waals surface area contributed by atoms with Crippen LogP contribution in [0.4, 0.5) is 0 Å². The first-order valence-electron chi connectivity index (χ1n) is 5.96. The monoisotopic (exact) mass is 275 g/mol. The van der Waals surface area contributed by atoms with Crippen LogP contribution in [0, 0.1) is 6.92 Å². The molecule has 1 aromatic carbocycles. The number of carboxylic acid groups (broad SMARTS) is 1. The average molecular weight is 276 g/mol. The number of nitrogens with zero attached hydrogens (tertiary/aromatic N) is 1. The summed E-state index contributed by atoms with van der Waals surface area (Å²) >= 11 is 6.04. The molecule has 0 aliphatic rings. The summed E-state index contributed by atoms with van der Waals surface area (Å²) < 4.78 is 0. The van der Waals surface area contributed by atoms with E-state index in [1.807, 2.05) is 31.2 Å². The van der Waals surface area contributed by atoms with Crippen LogP contribution in [0.1, 0.15) is 22.6 Å². The summed E-state index contributed by atoms with van der Waals surface area (Å²) in [6.07, 6.45) is 3.46. The fraction of sp³-hybridized carbons (Fsp3) is 0.200. The van der Waals surface area contributed by atoms with Crippen LogP contribution in [-0.2, 0) is 11.2 Å². The molecule has 0 fully saturated rings. The van der Waals surface area contributed by atoms with Gasteiger partial charge in [0.1, 0.15) is 0 Å². The molecule has 0 aliphatic carbocycles. The molecule has 2 aromatic rings. The van der Waals surface area contributed by atoms with Gasteiger partial charge in [-0.05, 0) is 36.1 Å². The Kier molecular flexibility index (Phi) is 4.17. The lowest BCUT2D eigenvalue weighted by Gasteiger charge is -2.15. The zero-order valence-electron chi connectivity index (χ0n) is 10.5. The number of rotatable bonds is 4. The molecule has 4 heteroatoms. The van der Waals surface area contributed by atoms with Crippen LogP contribution in [0.15, 0.2) is 42.7 Å². The molecule has 1 aromatic heterocycles. The minimum Gasteiger partial charge on any atom is -0.481 e. The van der Waals surface area contributed by atoms with Gasteiger partial charge < -0.3 is 5.11 Å². The molecule has 98 valence electrons. The summed E-state index contributed by atoms with van der Waals surface area (Å²) in [7, 11) is 0. The lowest BCUT2D eigenvalue weighted by molar-refractivity contribution is -0.138. The van der Waals surface area contributed by atoms with Gasteiger partial charge in [-0.15, -0.1) is 0 Å². The molecule has 0 spiro atoms. The first kappa shape index (κ1) is 13.6. The highest BCUT2D eigenvalue weighted by atomic mass is 35.5. The van der Waals surface area contributed by atoms with E-state index in [-0.39, 0.29) is 0 Å². The molecule has 1 heterocycles. The Morgan fingerprint density at radius 1 is 1.37 bits per heavy atom. The Bertz CT molecular complexity index is 598. The minimum absolute atomic E-state index is 0.392. The van der Waals surface area contributed by atoms with Gasteiger partial charge in [0.05, 0.1) is 10.9 Å². The lowest BCUT2D eigenvalue weighted by atomic mass is 9.91. The Morgan fingerprint density at radius 2 is 2.11 bits per heavy atom. The van der Waals surface area contributed by atoms with Crippen LogP contribution in [-0.4, -0.2) is 16.1 Å². The standard InChI is InChI=1S/C15H14ClNO2/c1-10-4-2-3-5-11(10)8-13(15(18)19)12-6-7-17-9-14(12)16/h2-7,9,13H,8H2,1H3,(H,18,19). The summed E-state index contributed by atoms with van der Waals surface area (Å²) in [6, 6.07) is 9.44. The molecule has 1 N–H and O–H groups in total. The van der Waals surface area contributed by atoms with Crippen LogP contribution in [0.2, 0.25) is 5.02 Å². The normalized spacial score (nSPS) is 12.1. The van der Waals surface area contributed by atoms with Gasteiger partial charge in [0.25, 0.3) is 0 Å². The third-order valence-corrected chi connectivity index (χ3v) is 3.48. The Hall–Kier alpha value is -1.87. The number of hydrogen-bond donors (Lipinski definition) is 1. The van der Waals surface area contributed by atoms with E-state index in [1.54, 1.807) is 12.3 Å². The molecule has 0 aliphatic heterocycles. The molecular weight excluding hydrogens is 262 g/mol. The van der Waals surface area contributed by atoms with Gasteiger partial charge in [0, 0.05) is 12.4 Å². The lowest BCUT2D eigenvalue weighted by Crippen LogP contribution is -2.15. The molecule has 0 bridgehead atoms. The molecule has 19 heavy (non-hydrogen) atoms. The average Bonchev–Trinajstić information content (AvgIpc) is 2.38. The number of benzene rings is 1. The van der Waals surface area contributed by atoms with E-state index >= 15 is 0 Å². The first-order chi connectivity index (χ1) is 9.09. The van der Waals surface area contributed by atoms with Crippen LogP contribution in [0.25, 0.3) is 0 Å². The largest absolute Gasteiger partial charge is 0.481 e. The van der Waals surface area contributed by atoms with Crippen molar-refractivity contribution in [1.82, 2.24) is 4.98 Å². The number of halogens is 1. The van der Waals surface area contributed by atoms with Crippen molar-refractivity contribution in [2.24, 2.45) is 0 Å². The second-order valence-corrected chi connectivity index (χ2v) is 4.83. The van der Waals surface area contributed by atoms with E-state index in [2.05, 4.69) is 4.98 Å². The molecule has 0 saturated heterocycles. The highest BCUT2D eigenvalue weighted by Crippen LogP contribution is 2.28. The van der Waals surface area contributed by atoms with Crippen molar-refractivity contribution in [2.45, 2.75) is 19.3 Å². The Labute approximate surface area is 116 Å². The van der Waals surface area contributed by atoms with Crippen LogP contribution >= 0.6 is 11.6 Å². The second-order valence-electron chi connectivity index (χ2n) is 4.42. The number of carboxylic acids is 1. The van der Waals surface area contributed by atoms with Crippen LogP contribution < -0.4 is 0 Å². The molecule has 1 atom stereocenters. The van der Waals surface area contributed by atoms with Gasteiger partial charge in [-0.3, -0.25) is 9.78 Å². The van der Waals surface area contributed by atoms with Crippen molar-refractivity contribution < 1.29 is 9.90 Å². The predicted octanol–water partition coefficient (Wildman–Crippen LogP) is 3.45. The summed E-state index contributed by atoms with van der Waals surface area (Å²) in [5, 5.41) is 9.82. The topological polar surface area (TPSA) is 50.2 Å². The minimum atomic E-state index is -0.878. The fourth-order valence-electron chi connectivity index (χ4n) is 2.06. The highest BCUT2D eigenvalue weighted by Gasteiger charge is 2.23. The molecule has 0 saturated carbocycles. The van der Waals surface area contributed by atoms with E-state index in [9.17, 15) is 9.90 Å². The van der Waals surface area contributed by atoms with E-state index in [0.29, 0.717) is 17.0 Å². The maximum Gasteiger partial charge on any atom is 0.311 e. The maximum atomic E-state index is 11.5. The molecule has 3 nitrogen and oxygen atoms in total. The Morgan fingerprint density at radius 3 is 2.74 bits per heavy atom. The molecule has 1 unspecified atom stereocenters. The number of carbonyl (C=O) groups is 1. The van der Waals surface area contributed by atoms with Crippen molar-refractivity contribution in [2.75, 3.05) is 0 Å². The third kappa shape index (κ3) is 3.12. The van der Waals surface area contributed by atoms with Gasteiger partial charge in [-0.1, -0.05) is 35.9 Å². The predicted molar refractivity (Wildman–Crippen MR) is 74.5 cm³/mol. The number of aromatic nitrogens is 1. The third-order valence-electron chi connectivity index (χ3n) is 3.16.